The summed E-state index contributed by atoms with van der Waals surface area (Å²) in [5, 5.41) is 15.5. The van der Waals surface area contributed by atoms with Crippen molar-refractivity contribution in [1.82, 2.24) is 5.32 Å². The third kappa shape index (κ3) is 8.51. The van der Waals surface area contributed by atoms with Crippen molar-refractivity contribution in [2.45, 2.75) is 64.8 Å². The summed E-state index contributed by atoms with van der Waals surface area (Å²) in [6, 6.07) is 30.1. The highest BCUT2D eigenvalue weighted by atomic mass is 28.4. The van der Waals surface area contributed by atoms with E-state index in [-0.39, 0.29) is 24.9 Å². The molecule has 7 heteroatoms. The minimum absolute atomic E-state index is 0.181. The van der Waals surface area contributed by atoms with Gasteiger partial charge in [-0.3, -0.25) is 0 Å². The van der Waals surface area contributed by atoms with Crippen molar-refractivity contribution in [1.29, 1.82) is 0 Å². The lowest BCUT2D eigenvalue weighted by Crippen LogP contribution is -2.67. The second-order valence-electron chi connectivity index (χ2n) is 12.2. The molecule has 0 aromatic heterocycles. The highest BCUT2D eigenvalue weighted by Crippen LogP contribution is 2.37. The maximum atomic E-state index is 12.9. The minimum Gasteiger partial charge on any atom is -0.444 e. The summed E-state index contributed by atoms with van der Waals surface area (Å²) in [6.07, 6.45) is -0.551. The molecule has 216 valence electrons. The van der Waals surface area contributed by atoms with Gasteiger partial charge in [0.25, 0.3) is 8.32 Å². The normalized spacial score (nSPS) is 13.9. The largest absolute Gasteiger partial charge is 0.444 e. The van der Waals surface area contributed by atoms with Crippen LogP contribution >= 0.6 is 0 Å². The van der Waals surface area contributed by atoms with E-state index < -0.39 is 32.0 Å². The first-order valence-electron chi connectivity index (χ1n) is 13.9. The SMILES string of the molecule is CC(C)(C)OC(=O)N[C@@H](CO[Si](c1ccccc1)(c1ccccc1)C(C)(C)C)[C@H](CO)COCc1ccccc1. The molecule has 0 aliphatic heterocycles. The first kappa shape index (κ1) is 31.6. The molecule has 6 nitrogen and oxygen atoms in total. The van der Waals surface area contributed by atoms with E-state index in [9.17, 15) is 9.90 Å². The molecule has 0 aliphatic carbocycles. The molecule has 1 amide bonds. The van der Waals surface area contributed by atoms with Gasteiger partial charge in [0.05, 0.1) is 32.5 Å². The molecule has 0 heterocycles. The Morgan fingerprint density at radius 1 is 0.800 bits per heavy atom. The average molecular weight is 564 g/mol. The molecule has 0 unspecified atom stereocenters. The molecular formula is C33H45NO5Si. The van der Waals surface area contributed by atoms with E-state index in [0.717, 1.165) is 15.9 Å². The Morgan fingerprint density at radius 3 is 1.75 bits per heavy atom. The number of ether oxygens (including phenoxy) is 2. The highest BCUT2D eigenvalue weighted by Gasteiger charge is 2.50. The first-order chi connectivity index (χ1) is 19.0. The molecule has 40 heavy (non-hydrogen) atoms. The van der Waals surface area contributed by atoms with Gasteiger partial charge >= 0.3 is 6.09 Å². The molecule has 3 rings (SSSR count). The Bertz CT molecular complexity index is 1120. The smallest absolute Gasteiger partial charge is 0.407 e. The maximum Gasteiger partial charge on any atom is 0.407 e. The topological polar surface area (TPSA) is 77.0 Å². The first-order valence-corrected chi connectivity index (χ1v) is 15.8. The molecule has 0 aliphatic rings. The van der Waals surface area contributed by atoms with Gasteiger partial charge in [-0.1, -0.05) is 112 Å². The second kappa shape index (κ2) is 14.1. The molecule has 2 N–H and O–H groups in total. The Balaban J connectivity index is 1.93. The van der Waals surface area contributed by atoms with Gasteiger partial charge in [0.2, 0.25) is 0 Å². The van der Waals surface area contributed by atoms with Crippen LogP contribution in [-0.2, 0) is 20.5 Å². The average Bonchev–Trinajstić information content (AvgIpc) is 2.91. The Labute approximate surface area is 240 Å². The quantitative estimate of drug-likeness (QED) is 0.293. The summed E-state index contributed by atoms with van der Waals surface area (Å²) in [5.41, 5.74) is 0.380. The summed E-state index contributed by atoms with van der Waals surface area (Å²) in [7, 11) is -2.87. The monoisotopic (exact) mass is 563 g/mol. The molecular weight excluding hydrogens is 518 g/mol. The summed E-state index contributed by atoms with van der Waals surface area (Å²) in [5.74, 6) is -0.408. The van der Waals surface area contributed by atoms with Crippen LogP contribution in [0.2, 0.25) is 5.04 Å². The van der Waals surface area contributed by atoms with Crippen LogP contribution in [0.5, 0.6) is 0 Å². The van der Waals surface area contributed by atoms with E-state index in [0.29, 0.717) is 6.61 Å². The lowest BCUT2D eigenvalue weighted by molar-refractivity contribution is 0.0227. The van der Waals surface area contributed by atoms with Gasteiger partial charge in [0, 0.05) is 5.92 Å². The zero-order valence-corrected chi connectivity index (χ0v) is 25.7. The minimum atomic E-state index is -2.87. The molecule has 3 aromatic carbocycles. The molecule has 0 spiro atoms. The van der Waals surface area contributed by atoms with Gasteiger partial charge in [-0.2, -0.15) is 0 Å². The van der Waals surface area contributed by atoms with Crippen molar-refractivity contribution in [3.05, 3.63) is 96.6 Å². The van der Waals surface area contributed by atoms with Crippen LogP contribution in [0.4, 0.5) is 4.79 Å². The second-order valence-corrected chi connectivity index (χ2v) is 16.5. The fourth-order valence-electron chi connectivity index (χ4n) is 4.93. The summed E-state index contributed by atoms with van der Waals surface area (Å²) < 4.78 is 18.7. The van der Waals surface area contributed by atoms with Crippen molar-refractivity contribution in [3.63, 3.8) is 0 Å². The number of aliphatic hydroxyl groups is 1. The number of carbonyl (C=O) groups is 1. The number of alkyl carbamates (subject to hydrolysis) is 1. The van der Waals surface area contributed by atoms with Crippen LogP contribution in [0.1, 0.15) is 47.1 Å². The maximum absolute atomic E-state index is 12.9. The van der Waals surface area contributed by atoms with Crippen LogP contribution in [0.25, 0.3) is 0 Å². The molecule has 2 atom stereocenters. The highest BCUT2D eigenvalue weighted by molar-refractivity contribution is 6.99. The van der Waals surface area contributed by atoms with E-state index in [1.807, 2.05) is 87.5 Å². The predicted octanol–water partition coefficient (Wildman–Crippen LogP) is 5.28. The van der Waals surface area contributed by atoms with Crippen LogP contribution in [0.15, 0.2) is 91.0 Å². The molecule has 0 fully saturated rings. The van der Waals surface area contributed by atoms with Crippen molar-refractivity contribution in [3.8, 4) is 0 Å². The number of amides is 1. The molecule has 0 radical (unpaired) electrons. The van der Waals surface area contributed by atoms with E-state index in [1.54, 1.807) is 0 Å². The standard InChI is InChI=1S/C33H45NO5Si/c1-32(2,3)39-31(36)34-30(27(22-35)24-37-23-26-16-10-7-11-17-26)25-38-40(33(4,5)6,28-18-12-8-13-19-28)29-20-14-9-15-21-29/h7-21,27,30,35H,22-25H2,1-6H3,(H,34,36)/t27-,30+/m1/s1. The van der Waals surface area contributed by atoms with Gasteiger partial charge in [0.15, 0.2) is 0 Å². The number of nitrogens with one attached hydrogen (secondary N) is 1. The molecule has 3 aromatic rings. The van der Waals surface area contributed by atoms with Gasteiger partial charge in [-0.25, -0.2) is 4.79 Å². The third-order valence-corrected chi connectivity index (χ3v) is 11.9. The van der Waals surface area contributed by atoms with E-state index in [2.05, 4.69) is 50.4 Å². The molecule has 0 bridgehead atoms. The van der Waals surface area contributed by atoms with Gasteiger partial charge in [-0.15, -0.1) is 0 Å². The van der Waals surface area contributed by atoms with Gasteiger partial charge in [-0.05, 0) is 41.7 Å². The van der Waals surface area contributed by atoms with Gasteiger partial charge in [0.1, 0.15) is 5.60 Å². The summed E-state index contributed by atoms with van der Waals surface area (Å²) >= 11 is 0. The number of hydrogen-bond donors (Lipinski definition) is 2. The predicted molar refractivity (Wildman–Crippen MR) is 163 cm³/mol. The Hall–Kier alpha value is -2.97. The zero-order valence-electron chi connectivity index (χ0n) is 24.7. The summed E-state index contributed by atoms with van der Waals surface area (Å²) in [6.45, 7) is 12.8. The third-order valence-electron chi connectivity index (χ3n) is 6.85. The number of rotatable bonds is 12. The number of hydrogen-bond acceptors (Lipinski definition) is 5. The lowest BCUT2D eigenvalue weighted by Gasteiger charge is -2.44. The van der Waals surface area contributed by atoms with E-state index in [1.165, 1.54) is 0 Å². The van der Waals surface area contributed by atoms with Crippen LogP contribution in [0, 0.1) is 5.92 Å². The fourth-order valence-corrected chi connectivity index (χ4v) is 9.51. The van der Waals surface area contributed by atoms with E-state index >= 15 is 0 Å². The molecule has 0 saturated carbocycles. The number of benzene rings is 3. The van der Waals surface area contributed by atoms with E-state index in [4.69, 9.17) is 13.9 Å². The Kier molecular flexibility index (Phi) is 11.1. The Morgan fingerprint density at radius 2 is 1.30 bits per heavy atom. The van der Waals surface area contributed by atoms with Crippen molar-refractivity contribution < 1.29 is 23.8 Å². The van der Waals surface area contributed by atoms with Crippen LogP contribution < -0.4 is 15.7 Å². The van der Waals surface area contributed by atoms with Crippen molar-refractivity contribution >= 4 is 24.8 Å². The fraction of sp³-hybridized carbons (Fsp3) is 0.424. The van der Waals surface area contributed by atoms with Crippen LogP contribution in [-0.4, -0.2) is 51.0 Å². The van der Waals surface area contributed by atoms with Gasteiger partial charge < -0.3 is 24.3 Å². The number of aliphatic hydroxyl groups excluding tert-OH is 1. The number of carbonyl (C=O) groups excluding carboxylic acids is 1. The lowest BCUT2D eigenvalue weighted by atomic mass is 10.0. The van der Waals surface area contributed by atoms with Crippen LogP contribution in [0.3, 0.4) is 0 Å². The van der Waals surface area contributed by atoms with Crippen molar-refractivity contribution in [2.24, 2.45) is 5.92 Å². The van der Waals surface area contributed by atoms with Crippen molar-refractivity contribution in [2.75, 3.05) is 19.8 Å². The zero-order chi connectivity index (χ0) is 29.2. The molecule has 0 saturated heterocycles. The summed E-state index contributed by atoms with van der Waals surface area (Å²) in [4.78, 5) is 12.9.